The molecule has 0 unspecified atom stereocenters. The summed E-state index contributed by atoms with van der Waals surface area (Å²) in [7, 11) is 0. The van der Waals surface area contributed by atoms with Crippen molar-refractivity contribution in [2.45, 2.75) is 19.8 Å². The van der Waals surface area contributed by atoms with Gasteiger partial charge in [0.25, 0.3) is 0 Å². The second-order valence-corrected chi connectivity index (χ2v) is 2.20. The van der Waals surface area contributed by atoms with Gasteiger partial charge in [-0.25, -0.2) is 0 Å². The highest BCUT2D eigenvalue weighted by molar-refractivity contribution is 5.86. The van der Waals surface area contributed by atoms with E-state index in [4.69, 9.17) is 0 Å². The molecule has 2 rings (SSSR count). The molecule has 2 aliphatic carbocycles. The molecule has 0 N–H and O–H groups in total. The monoisotopic (exact) mass is 92.1 g/mol. The molecule has 0 spiro atoms. The summed E-state index contributed by atoms with van der Waals surface area (Å²) in [5.41, 5.74) is 4.87. The molecule has 0 amide bonds. The van der Waals surface area contributed by atoms with Crippen LogP contribution in [0.25, 0.3) is 0 Å². The number of fused-ring (bicyclic) bond motifs is 1. The van der Waals surface area contributed by atoms with E-state index in [1.807, 2.05) is 0 Å². The lowest BCUT2D eigenvalue weighted by Crippen LogP contribution is -1.64. The van der Waals surface area contributed by atoms with Gasteiger partial charge in [-0.1, -0.05) is 13.3 Å². The van der Waals surface area contributed by atoms with Crippen molar-refractivity contribution in [3.63, 3.8) is 0 Å². The zero-order valence-corrected chi connectivity index (χ0v) is 4.49. The fraction of sp³-hybridized carbons (Fsp3) is 0.429. The molecule has 0 aromatic rings. The normalized spacial score (nSPS) is 21.6. The van der Waals surface area contributed by atoms with E-state index in [9.17, 15) is 0 Å². The quantitative estimate of drug-likeness (QED) is 0.489. The average molecular weight is 92.1 g/mol. The van der Waals surface area contributed by atoms with E-state index in [1.165, 1.54) is 12.8 Å². The zero-order valence-electron chi connectivity index (χ0n) is 4.49. The van der Waals surface area contributed by atoms with Gasteiger partial charge < -0.3 is 0 Å². The van der Waals surface area contributed by atoms with Gasteiger partial charge in [0.05, 0.1) is 0 Å². The van der Waals surface area contributed by atoms with Crippen molar-refractivity contribution in [2.75, 3.05) is 0 Å². The fourth-order valence-corrected chi connectivity index (χ4v) is 0.984. The van der Waals surface area contributed by atoms with E-state index in [2.05, 4.69) is 13.0 Å². The first-order valence-electron chi connectivity index (χ1n) is 2.89. The largest absolute Gasteiger partial charge is 0.0651 e. The maximum absolute atomic E-state index is 2.25. The Labute approximate surface area is 43.5 Å². The average Bonchev–Trinajstić information content (AvgIpc) is 2.41. The molecule has 0 heterocycles. The smallest absolute Gasteiger partial charge is 0.0136 e. The molecular formula is C7H8. The van der Waals surface area contributed by atoms with Gasteiger partial charge in [-0.05, 0) is 29.2 Å². The summed E-state index contributed by atoms with van der Waals surface area (Å²) < 4.78 is 0. The maximum atomic E-state index is 2.25. The Kier molecular flexibility index (Phi) is 0.415. The van der Waals surface area contributed by atoms with Crippen LogP contribution in [0.3, 0.4) is 0 Å². The molecule has 0 saturated heterocycles. The van der Waals surface area contributed by atoms with E-state index in [1.54, 1.807) is 16.7 Å². The Balaban J connectivity index is 1.92. The highest BCUT2D eigenvalue weighted by Crippen LogP contribution is 2.55. The zero-order chi connectivity index (χ0) is 4.85. The Morgan fingerprint density at radius 3 is 2.43 bits per heavy atom. The Morgan fingerprint density at radius 2 is 2.29 bits per heavy atom. The second-order valence-electron chi connectivity index (χ2n) is 2.20. The summed E-state index contributed by atoms with van der Waals surface area (Å²) in [6, 6.07) is 0. The summed E-state index contributed by atoms with van der Waals surface area (Å²) in [4.78, 5) is 0. The Bertz CT molecular complexity index is 170. The fourth-order valence-electron chi connectivity index (χ4n) is 0.984. The van der Waals surface area contributed by atoms with Crippen molar-refractivity contribution >= 4 is 0 Å². The summed E-state index contributed by atoms with van der Waals surface area (Å²) in [6.45, 7) is 2.23. The van der Waals surface area contributed by atoms with Gasteiger partial charge in [0.2, 0.25) is 0 Å². The highest BCUT2D eigenvalue weighted by atomic mass is 14.4. The van der Waals surface area contributed by atoms with Gasteiger partial charge in [-0.3, -0.25) is 0 Å². The summed E-state index contributed by atoms with van der Waals surface area (Å²) in [6.07, 6.45) is 4.91. The molecule has 7 heavy (non-hydrogen) atoms. The topological polar surface area (TPSA) is 0 Å². The van der Waals surface area contributed by atoms with Crippen LogP contribution < -0.4 is 0 Å². The molecule has 0 aliphatic heterocycles. The first kappa shape index (κ1) is 3.48. The number of hydrogen-bond acceptors (Lipinski definition) is 0. The second kappa shape index (κ2) is 0.835. The predicted octanol–water partition coefficient (Wildman–Crippen LogP) is 2.04. The van der Waals surface area contributed by atoms with Gasteiger partial charge in [-0.2, -0.15) is 0 Å². The third kappa shape index (κ3) is 0.317. The minimum absolute atomic E-state index is 1.32. The molecule has 0 nitrogen and oxygen atoms in total. The lowest BCUT2D eigenvalue weighted by atomic mass is 10.2. The molecule has 0 atom stereocenters. The van der Waals surface area contributed by atoms with E-state index >= 15 is 0 Å². The molecule has 0 bridgehead atoms. The first-order valence-corrected chi connectivity index (χ1v) is 2.89. The molecule has 0 aromatic carbocycles. The van der Waals surface area contributed by atoms with Crippen LogP contribution in [-0.4, -0.2) is 0 Å². The van der Waals surface area contributed by atoms with E-state index in [0.29, 0.717) is 0 Å². The van der Waals surface area contributed by atoms with E-state index in [0.717, 1.165) is 0 Å². The van der Waals surface area contributed by atoms with Crippen molar-refractivity contribution in [3.8, 4) is 0 Å². The standard InChI is InChI=1S/C7H8/c1-2-3-5-6-4-7(5)6/h4H,2-3H2,1H3. The molecule has 2 aliphatic rings. The van der Waals surface area contributed by atoms with Crippen LogP contribution in [0.4, 0.5) is 0 Å². The summed E-state index contributed by atoms with van der Waals surface area (Å²) in [5.74, 6) is 0. The van der Waals surface area contributed by atoms with E-state index < -0.39 is 0 Å². The summed E-state index contributed by atoms with van der Waals surface area (Å²) >= 11 is 0. The van der Waals surface area contributed by atoms with Crippen molar-refractivity contribution in [1.29, 1.82) is 0 Å². The van der Waals surface area contributed by atoms with Gasteiger partial charge in [0.15, 0.2) is 0 Å². The van der Waals surface area contributed by atoms with Gasteiger partial charge >= 0.3 is 0 Å². The van der Waals surface area contributed by atoms with Crippen LogP contribution in [-0.2, 0) is 0 Å². The van der Waals surface area contributed by atoms with Gasteiger partial charge in [0, 0.05) is 0 Å². The van der Waals surface area contributed by atoms with Crippen LogP contribution in [0.5, 0.6) is 0 Å². The van der Waals surface area contributed by atoms with Crippen LogP contribution >= 0.6 is 0 Å². The van der Waals surface area contributed by atoms with Crippen LogP contribution in [0.15, 0.2) is 22.8 Å². The van der Waals surface area contributed by atoms with Crippen LogP contribution in [0.2, 0.25) is 0 Å². The van der Waals surface area contributed by atoms with Crippen molar-refractivity contribution in [2.24, 2.45) is 0 Å². The lowest BCUT2D eigenvalue weighted by molar-refractivity contribution is 0.940. The van der Waals surface area contributed by atoms with Crippen molar-refractivity contribution < 1.29 is 0 Å². The number of hydrogen-bond donors (Lipinski definition) is 0. The molecule has 0 saturated carbocycles. The van der Waals surface area contributed by atoms with Crippen LogP contribution in [0, 0.1) is 0 Å². The maximum Gasteiger partial charge on any atom is -0.0136 e. The van der Waals surface area contributed by atoms with Gasteiger partial charge in [-0.15, -0.1) is 0 Å². The highest BCUT2D eigenvalue weighted by Gasteiger charge is 2.37. The molecule has 0 fully saturated rings. The Hall–Kier alpha value is -0.520. The number of rotatable bonds is 2. The minimum atomic E-state index is 1.32. The molecule has 0 aromatic heterocycles. The first-order chi connectivity index (χ1) is 3.43. The molecule has 36 valence electrons. The molecule has 0 heteroatoms. The predicted molar refractivity (Wildman–Crippen MR) is 30.0 cm³/mol. The third-order valence-electron chi connectivity index (χ3n) is 1.58. The van der Waals surface area contributed by atoms with E-state index in [-0.39, 0.29) is 0 Å². The van der Waals surface area contributed by atoms with Crippen LogP contribution in [0.1, 0.15) is 19.8 Å². The van der Waals surface area contributed by atoms with Crippen molar-refractivity contribution in [1.82, 2.24) is 0 Å². The third-order valence-corrected chi connectivity index (χ3v) is 1.58. The lowest BCUT2D eigenvalue weighted by Gasteiger charge is -1.82. The van der Waals surface area contributed by atoms with Gasteiger partial charge in [0.1, 0.15) is 0 Å². The molecular weight excluding hydrogens is 84.1 g/mol. The van der Waals surface area contributed by atoms with Crippen molar-refractivity contribution in [3.05, 3.63) is 22.8 Å². The number of allylic oxidation sites excluding steroid dienone is 4. The summed E-state index contributed by atoms with van der Waals surface area (Å²) in [5, 5.41) is 0. The molecule has 0 radical (unpaired) electrons. The Morgan fingerprint density at radius 1 is 1.57 bits per heavy atom. The SMILES string of the molecule is CCCC1=C2C=C21. The minimum Gasteiger partial charge on any atom is -0.0651 e.